The van der Waals surface area contributed by atoms with E-state index in [0.29, 0.717) is 6.54 Å². The molecule has 0 aliphatic heterocycles. The summed E-state index contributed by atoms with van der Waals surface area (Å²) in [4.78, 5) is 26.1. The lowest BCUT2D eigenvalue weighted by Gasteiger charge is -2.42. The molecule has 2 amide bonds. The van der Waals surface area contributed by atoms with Gasteiger partial charge in [-0.25, -0.2) is 4.79 Å². The molecule has 144 valence electrons. The largest absolute Gasteiger partial charge is 0.480 e. The molecule has 7 heteroatoms. The standard InChI is InChI=1S/C19H29N3O3S/c1-5-22(12-17(23)24)15-10-14(11-15)21-18(25)20-13-6-8-16(9-7-13)26-19(2,3)4/h6-9,14-15H,5,10-12H2,1-4H3,(H,23,24)(H2,20,21,25). The van der Waals surface area contributed by atoms with Crippen molar-refractivity contribution in [1.82, 2.24) is 10.2 Å². The van der Waals surface area contributed by atoms with Crippen molar-refractivity contribution in [1.29, 1.82) is 0 Å². The highest BCUT2D eigenvalue weighted by Gasteiger charge is 2.34. The van der Waals surface area contributed by atoms with E-state index in [1.54, 1.807) is 11.8 Å². The van der Waals surface area contributed by atoms with E-state index in [9.17, 15) is 9.59 Å². The summed E-state index contributed by atoms with van der Waals surface area (Å²) in [5.41, 5.74) is 0.762. The van der Waals surface area contributed by atoms with Crippen molar-refractivity contribution in [3.05, 3.63) is 24.3 Å². The maximum atomic E-state index is 12.1. The highest BCUT2D eigenvalue weighted by Crippen LogP contribution is 2.32. The number of urea groups is 1. The number of rotatable bonds is 7. The summed E-state index contributed by atoms with van der Waals surface area (Å²) < 4.78 is 0.153. The van der Waals surface area contributed by atoms with Crippen LogP contribution in [0.4, 0.5) is 10.5 Å². The van der Waals surface area contributed by atoms with Crippen LogP contribution in [0.5, 0.6) is 0 Å². The van der Waals surface area contributed by atoms with E-state index in [0.717, 1.165) is 18.5 Å². The Morgan fingerprint density at radius 3 is 2.35 bits per heavy atom. The van der Waals surface area contributed by atoms with Gasteiger partial charge in [-0.1, -0.05) is 27.7 Å². The molecule has 1 fully saturated rings. The van der Waals surface area contributed by atoms with Crippen molar-refractivity contribution >= 4 is 29.4 Å². The van der Waals surface area contributed by atoms with Gasteiger partial charge in [0, 0.05) is 27.4 Å². The highest BCUT2D eigenvalue weighted by molar-refractivity contribution is 8.00. The van der Waals surface area contributed by atoms with Gasteiger partial charge in [-0.2, -0.15) is 0 Å². The van der Waals surface area contributed by atoms with E-state index < -0.39 is 5.97 Å². The number of nitrogens with one attached hydrogen (secondary N) is 2. The molecule has 26 heavy (non-hydrogen) atoms. The Hall–Kier alpha value is -1.73. The molecule has 6 nitrogen and oxygen atoms in total. The molecule has 0 bridgehead atoms. The molecule has 0 heterocycles. The van der Waals surface area contributed by atoms with Gasteiger partial charge in [-0.05, 0) is 43.7 Å². The van der Waals surface area contributed by atoms with Gasteiger partial charge in [0.2, 0.25) is 0 Å². The number of hydrogen-bond donors (Lipinski definition) is 3. The zero-order chi connectivity index (χ0) is 19.3. The quantitative estimate of drug-likeness (QED) is 0.630. The van der Waals surface area contributed by atoms with Gasteiger partial charge >= 0.3 is 12.0 Å². The van der Waals surface area contributed by atoms with Gasteiger partial charge < -0.3 is 15.7 Å². The summed E-state index contributed by atoms with van der Waals surface area (Å²) in [6.07, 6.45) is 1.57. The van der Waals surface area contributed by atoms with E-state index in [4.69, 9.17) is 5.11 Å². The number of carbonyl (C=O) groups is 2. The van der Waals surface area contributed by atoms with Crippen LogP contribution in [0.3, 0.4) is 0 Å². The number of carboxylic acid groups (broad SMARTS) is 1. The van der Waals surface area contributed by atoms with E-state index in [2.05, 4.69) is 31.4 Å². The van der Waals surface area contributed by atoms with Gasteiger partial charge in [0.05, 0.1) is 6.54 Å². The Morgan fingerprint density at radius 1 is 1.23 bits per heavy atom. The fourth-order valence-corrected chi connectivity index (χ4v) is 3.97. The third kappa shape index (κ3) is 6.53. The number of carbonyl (C=O) groups excluding carboxylic acids is 1. The van der Waals surface area contributed by atoms with Crippen LogP contribution in [-0.4, -0.2) is 51.9 Å². The molecule has 3 N–H and O–H groups in total. The molecule has 0 radical (unpaired) electrons. The Bertz CT molecular complexity index is 622. The Labute approximate surface area is 159 Å². The monoisotopic (exact) mass is 379 g/mol. The molecule has 1 saturated carbocycles. The lowest BCUT2D eigenvalue weighted by molar-refractivity contribution is -0.139. The van der Waals surface area contributed by atoms with Crippen molar-refractivity contribution in [3.8, 4) is 0 Å². The Morgan fingerprint density at radius 2 is 1.85 bits per heavy atom. The molecule has 1 aliphatic rings. The van der Waals surface area contributed by atoms with E-state index in [1.807, 2.05) is 36.1 Å². The van der Waals surface area contributed by atoms with Crippen molar-refractivity contribution in [2.45, 2.75) is 62.3 Å². The molecule has 0 spiro atoms. The van der Waals surface area contributed by atoms with Gasteiger partial charge in [-0.15, -0.1) is 11.8 Å². The van der Waals surface area contributed by atoms with Crippen LogP contribution in [-0.2, 0) is 4.79 Å². The second kappa shape index (κ2) is 8.77. The second-order valence-corrected chi connectivity index (χ2v) is 9.52. The average Bonchev–Trinajstić information content (AvgIpc) is 2.49. The summed E-state index contributed by atoms with van der Waals surface area (Å²) in [6, 6.07) is 7.94. The lowest BCUT2D eigenvalue weighted by Crippen LogP contribution is -2.55. The summed E-state index contributed by atoms with van der Waals surface area (Å²) in [5.74, 6) is -0.811. The normalized spacial score (nSPS) is 19.7. The van der Waals surface area contributed by atoms with Crippen molar-refractivity contribution < 1.29 is 14.7 Å². The average molecular weight is 380 g/mol. The van der Waals surface area contributed by atoms with Crippen LogP contribution in [0, 0.1) is 0 Å². The summed E-state index contributed by atoms with van der Waals surface area (Å²) >= 11 is 1.79. The van der Waals surface area contributed by atoms with E-state index in [-0.39, 0.29) is 29.4 Å². The number of hydrogen-bond acceptors (Lipinski definition) is 4. The number of benzene rings is 1. The number of likely N-dealkylation sites (N-methyl/N-ethyl adjacent to an activating group) is 1. The van der Waals surface area contributed by atoms with Crippen LogP contribution in [0.15, 0.2) is 29.2 Å². The Balaban J connectivity index is 1.75. The summed E-state index contributed by atoms with van der Waals surface area (Å²) in [5, 5.41) is 14.7. The van der Waals surface area contributed by atoms with Crippen LogP contribution in [0.25, 0.3) is 0 Å². The smallest absolute Gasteiger partial charge is 0.319 e. The van der Waals surface area contributed by atoms with Crippen molar-refractivity contribution in [3.63, 3.8) is 0 Å². The van der Waals surface area contributed by atoms with Gasteiger partial charge in [0.15, 0.2) is 0 Å². The number of amides is 2. The van der Waals surface area contributed by atoms with E-state index >= 15 is 0 Å². The first kappa shape index (κ1) is 20.6. The fourth-order valence-electron chi connectivity index (χ4n) is 2.99. The molecule has 1 aliphatic carbocycles. The molecule has 0 atom stereocenters. The predicted molar refractivity (Wildman–Crippen MR) is 106 cm³/mol. The lowest BCUT2D eigenvalue weighted by atomic mass is 9.85. The van der Waals surface area contributed by atoms with Gasteiger partial charge in [0.25, 0.3) is 0 Å². The minimum atomic E-state index is -0.811. The zero-order valence-electron chi connectivity index (χ0n) is 15.9. The number of nitrogens with zero attached hydrogens (tertiary/aromatic N) is 1. The molecule has 0 saturated heterocycles. The van der Waals surface area contributed by atoms with Gasteiger partial charge in [0.1, 0.15) is 0 Å². The number of thioether (sulfide) groups is 1. The van der Waals surface area contributed by atoms with Gasteiger partial charge in [-0.3, -0.25) is 9.69 Å². The first-order valence-corrected chi connectivity index (χ1v) is 9.80. The first-order valence-electron chi connectivity index (χ1n) is 8.98. The molecule has 0 aromatic heterocycles. The van der Waals surface area contributed by atoms with Crippen molar-refractivity contribution in [2.24, 2.45) is 0 Å². The van der Waals surface area contributed by atoms with Crippen molar-refractivity contribution in [2.75, 3.05) is 18.4 Å². The minimum absolute atomic E-state index is 0.0546. The molecule has 1 aromatic carbocycles. The van der Waals surface area contributed by atoms with Crippen LogP contribution in [0.2, 0.25) is 0 Å². The molecule has 1 aromatic rings. The summed E-state index contributed by atoms with van der Waals surface area (Å²) in [7, 11) is 0. The Kier molecular flexibility index (Phi) is 6.94. The minimum Gasteiger partial charge on any atom is -0.480 e. The topological polar surface area (TPSA) is 81.7 Å². The third-order valence-corrected chi connectivity index (χ3v) is 5.37. The molecule has 0 unspecified atom stereocenters. The molecular weight excluding hydrogens is 350 g/mol. The maximum Gasteiger partial charge on any atom is 0.319 e. The number of carboxylic acids is 1. The SMILES string of the molecule is CCN(CC(=O)O)C1CC(NC(=O)Nc2ccc(SC(C)(C)C)cc2)C1. The molecular formula is C19H29N3O3S. The zero-order valence-corrected chi connectivity index (χ0v) is 16.7. The number of aliphatic carboxylic acids is 1. The number of anilines is 1. The van der Waals surface area contributed by atoms with Crippen LogP contribution in [0.1, 0.15) is 40.5 Å². The molecule has 2 rings (SSSR count). The summed E-state index contributed by atoms with van der Waals surface area (Å²) in [6.45, 7) is 9.21. The van der Waals surface area contributed by atoms with Crippen LogP contribution < -0.4 is 10.6 Å². The predicted octanol–water partition coefficient (Wildman–Crippen LogP) is 3.64. The maximum absolute atomic E-state index is 12.1. The highest BCUT2D eigenvalue weighted by atomic mass is 32.2. The second-order valence-electron chi connectivity index (χ2n) is 7.62. The fraction of sp³-hybridized carbons (Fsp3) is 0.579. The third-order valence-electron chi connectivity index (χ3n) is 4.25. The van der Waals surface area contributed by atoms with Crippen LogP contribution >= 0.6 is 11.8 Å². The first-order chi connectivity index (χ1) is 12.2. The van der Waals surface area contributed by atoms with E-state index in [1.165, 1.54) is 4.90 Å².